The van der Waals surface area contributed by atoms with Crippen molar-refractivity contribution >= 4 is 17.8 Å². The lowest BCUT2D eigenvalue weighted by Gasteiger charge is -2.22. The van der Waals surface area contributed by atoms with Gasteiger partial charge in [-0.15, -0.1) is 0 Å². The smallest absolute Gasteiger partial charge is 0.330 e. The maximum Gasteiger partial charge on any atom is 0.330 e. The monoisotopic (exact) mass is 382 g/mol. The second kappa shape index (κ2) is 10.3. The number of amides is 2. The van der Waals surface area contributed by atoms with Crippen LogP contribution in [0, 0.1) is 0 Å². The number of carbonyl (C=O) groups is 3. The van der Waals surface area contributed by atoms with E-state index in [-0.39, 0.29) is 11.5 Å². The second-order valence-electron chi connectivity index (χ2n) is 6.53. The standard InChI is InChI=1S/C22H26N2O4/c1-3-13-24(14-4-2)21(26)18-12-8-11-17(15-18)20(25)23-19(22(27)28)16-9-6-5-7-10-16/h5-12,15,19H,3-4,13-14H2,1-2H3,(H,23,25)(H,27,28)/t19-/m1/s1. The summed E-state index contributed by atoms with van der Waals surface area (Å²) < 4.78 is 0. The number of nitrogens with one attached hydrogen (secondary N) is 1. The molecule has 1 atom stereocenters. The van der Waals surface area contributed by atoms with Crippen LogP contribution in [-0.2, 0) is 4.79 Å². The Balaban J connectivity index is 2.21. The van der Waals surface area contributed by atoms with Crippen LogP contribution >= 0.6 is 0 Å². The highest BCUT2D eigenvalue weighted by Crippen LogP contribution is 2.15. The molecule has 0 aliphatic rings. The molecule has 148 valence electrons. The molecule has 0 spiro atoms. The van der Waals surface area contributed by atoms with Crippen LogP contribution in [0.5, 0.6) is 0 Å². The molecule has 0 aliphatic carbocycles. The van der Waals surface area contributed by atoms with Crippen LogP contribution in [0.3, 0.4) is 0 Å². The number of carboxylic acids is 1. The number of rotatable bonds is 9. The molecule has 0 aromatic heterocycles. The first-order valence-electron chi connectivity index (χ1n) is 9.45. The molecule has 0 aliphatic heterocycles. The molecular weight excluding hydrogens is 356 g/mol. The van der Waals surface area contributed by atoms with E-state index >= 15 is 0 Å². The Bertz CT molecular complexity index is 814. The summed E-state index contributed by atoms with van der Waals surface area (Å²) in [4.78, 5) is 38.7. The lowest BCUT2D eigenvalue weighted by molar-refractivity contribution is -0.139. The van der Waals surface area contributed by atoms with Crippen LogP contribution < -0.4 is 5.32 Å². The molecule has 0 heterocycles. The first-order valence-corrected chi connectivity index (χ1v) is 9.45. The van der Waals surface area contributed by atoms with Crippen LogP contribution in [0.2, 0.25) is 0 Å². The van der Waals surface area contributed by atoms with Crippen LogP contribution in [-0.4, -0.2) is 40.9 Å². The van der Waals surface area contributed by atoms with Crippen molar-refractivity contribution in [3.63, 3.8) is 0 Å². The van der Waals surface area contributed by atoms with Crippen molar-refractivity contribution < 1.29 is 19.5 Å². The van der Waals surface area contributed by atoms with E-state index in [4.69, 9.17) is 0 Å². The summed E-state index contributed by atoms with van der Waals surface area (Å²) in [5.41, 5.74) is 1.15. The van der Waals surface area contributed by atoms with Crippen molar-refractivity contribution in [2.45, 2.75) is 32.7 Å². The molecule has 2 rings (SSSR count). The molecule has 0 saturated heterocycles. The maximum atomic E-state index is 12.8. The van der Waals surface area contributed by atoms with E-state index in [9.17, 15) is 19.5 Å². The summed E-state index contributed by atoms with van der Waals surface area (Å²) in [5.74, 6) is -1.82. The molecule has 0 fully saturated rings. The van der Waals surface area contributed by atoms with E-state index in [1.807, 2.05) is 13.8 Å². The van der Waals surface area contributed by atoms with Gasteiger partial charge in [-0.25, -0.2) is 4.79 Å². The number of benzene rings is 2. The zero-order chi connectivity index (χ0) is 20.5. The molecule has 0 saturated carbocycles. The highest BCUT2D eigenvalue weighted by Gasteiger charge is 2.23. The number of hydrogen-bond donors (Lipinski definition) is 2. The molecule has 6 nitrogen and oxygen atoms in total. The predicted molar refractivity (Wildman–Crippen MR) is 107 cm³/mol. The zero-order valence-electron chi connectivity index (χ0n) is 16.2. The largest absolute Gasteiger partial charge is 0.479 e. The quantitative estimate of drug-likeness (QED) is 0.695. The molecular formula is C22H26N2O4. The van der Waals surface area contributed by atoms with Crippen molar-refractivity contribution in [3.8, 4) is 0 Å². The molecule has 28 heavy (non-hydrogen) atoms. The van der Waals surface area contributed by atoms with Crippen LogP contribution in [0.1, 0.15) is 59.0 Å². The van der Waals surface area contributed by atoms with Crippen molar-refractivity contribution in [3.05, 3.63) is 71.3 Å². The third-order valence-corrected chi connectivity index (χ3v) is 4.30. The van der Waals surface area contributed by atoms with Crippen molar-refractivity contribution in [2.75, 3.05) is 13.1 Å². The van der Waals surface area contributed by atoms with Crippen molar-refractivity contribution in [1.29, 1.82) is 0 Å². The number of nitrogens with zero attached hydrogens (tertiary/aromatic N) is 1. The van der Waals surface area contributed by atoms with Crippen LogP contribution in [0.15, 0.2) is 54.6 Å². The van der Waals surface area contributed by atoms with E-state index < -0.39 is 17.9 Å². The van der Waals surface area contributed by atoms with Gasteiger partial charge in [0.2, 0.25) is 0 Å². The topological polar surface area (TPSA) is 86.7 Å². The van der Waals surface area contributed by atoms with Gasteiger partial charge in [0.15, 0.2) is 6.04 Å². The Hall–Kier alpha value is -3.15. The highest BCUT2D eigenvalue weighted by molar-refractivity contribution is 6.00. The van der Waals surface area contributed by atoms with Gasteiger partial charge in [-0.05, 0) is 36.6 Å². The van der Waals surface area contributed by atoms with Crippen molar-refractivity contribution in [1.82, 2.24) is 10.2 Å². The Morgan fingerprint density at radius 3 is 2.11 bits per heavy atom. The van der Waals surface area contributed by atoms with Crippen LogP contribution in [0.4, 0.5) is 0 Å². The first kappa shape index (κ1) is 21.2. The van der Waals surface area contributed by atoms with Gasteiger partial charge < -0.3 is 15.3 Å². The maximum absolute atomic E-state index is 12.8. The minimum Gasteiger partial charge on any atom is -0.479 e. The fraction of sp³-hybridized carbons (Fsp3) is 0.318. The fourth-order valence-electron chi connectivity index (χ4n) is 2.98. The summed E-state index contributed by atoms with van der Waals surface area (Å²) in [7, 11) is 0. The summed E-state index contributed by atoms with van der Waals surface area (Å²) >= 11 is 0. The molecule has 2 N–H and O–H groups in total. The molecule has 2 aromatic rings. The Morgan fingerprint density at radius 2 is 1.54 bits per heavy atom. The van der Waals surface area contributed by atoms with Gasteiger partial charge in [0.05, 0.1) is 0 Å². The van der Waals surface area contributed by atoms with Gasteiger partial charge in [-0.1, -0.05) is 50.2 Å². The van der Waals surface area contributed by atoms with Gasteiger partial charge in [0.25, 0.3) is 11.8 Å². The Labute approximate surface area is 165 Å². The highest BCUT2D eigenvalue weighted by atomic mass is 16.4. The molecule has 2 amide bonds. The number of hydrogen-bond acceptors (Lipinski definition) is 3. The lowest BCUT2D eigenvalue weighted by Crippen LogP contribution is -2.34. The Morgan fingerprint density at radius 1 is 0.929 bits per heavy atom. The minimum absolute atomic E-state index is 0.129. The van der Waals surface area contributed by atoms with Crippen LogP contribution in [0.25, 0.3) is 0 Å². The van der Waals surface area contributed by atoms with E-state index in [2.05, 4.69) is 5.32 Å². The van der Waals surface area contributed by atoms with E-state index in [0.29, 0.717) is 24.2 Å². The minimum atomic E-state index is -1.16. The van der Waals surface area contributed by atoms with Gasteiger partial charge in [-0.3, -0.25) is 9.59 Å². The average molecular weight is 382 g/mol. The molecule has 0 bridgehead atoms. The number of aliphatic carboxylic acids is 1. The van der Waals surface area contributed by atoms with Crippen molar-refractivity contribution in [2.24, 2.45) is 0 Å². The third kappa shape index (κ3) is 5.42. The summed E-state index contributed by atoms with van der Waals surface area (Å²) in [6, 6.07) is 13.7. The lowest BCUT2D eigenvalue weighted by atomic mass is 10.1. The predicted octanol–water partition coefficient (Wildman–Crippen LogP) is 3.50. The summed E-state index contributed by atoms with van der Waals surface area (Å²) in [6.45, 7) is 5.32. The van der Waals surface area contributed by atoms with Gasteiger partial charge in [0.1, 0.15) is 0 Å². The van der Waals surface area contributed by atoms with Gasteiger partial charge in [0, 0.05) is 24.2 Å². The molecule has 0 unspecified atom stereocenters. The molecule has 0 radical (unpaired) electrons. The van der Waals surface area contributed by atoms with E-state index in [1.54, 1.807) is 53.4 Å². The third-order valence-electron chi connectivity index (χ3n) is 4.30. The molecule has 2 aromatic carbocycles. The summed E-state index contributed by atoms with van der Waals surface area (Å²) in [5, 5.41) is 12.0. The summed E-state index contributed by atoms with van der Waals surface area (Å²) in [6.07, 6.45) is 1.70. The second-order valence-corrected chi connectivity index (χ2v) is 6.53. The number of carboxylic acid groups (broad SMARTS) is 1. The zero-order valence-corrected chi connectivity index (χ0v) is 16.2. The van der Waals surface area contributed by atoms with Gasteiger partial charge >= 0.3 is 5.97 Å². The average Bonchev–Trinajstić information content (AvgIpc) is 2.71. The van der Waals surface area contributed by atoms with E-state index in [0.717, 1.165) is 12.8 Å². The normalized spacial score (nSPS) is 11.5. The van der Waals surface area contributed by atoms with Gasteiger partial charge in [-0.2, -0.15) is 0 Å². The SMILES string of the molecule is CCCN(CCC)C(=O)c1cccc(C(=O)N[C@@H](C(=O)O)c2ccccc2)c1. The Kier molecular flexibility index (Phi) is 7.75. The first-order chi connectivity index (χ1) is 13.5. The van der Waals surface area contributed by atoms with E-state index in [1.165, 1.54) is 6.07 Å². The molecule has 6 heteroatoms. The fourth-order valence-corrected chi connectivity index (χ4v) is 2.98. The number of carbonyl (C=O) groups excluding carboxylic acids is 2.